The molecule has 0 atom stereocenters. The summed E-state index contributed by atoms with van der Waals surface area (Å²) in [6, 6.07) is 1.93. The predicted octanol–water partition coefficient (Wildman–Crippen LogP) is 0.737. The van der Waals surface area contributed by atoms with Gasteiger partial charge in [-0.2, -0.15) is 0 Å². The highest BCUT2D eigenvalue weighted by atomic mass is 16.5. The van der Waals surface area contributed by atoms with E-state index in [-0.39, 0.29) is 0 Å². The molecule has 0 saturated heterocycles. The molecule has 2 heterocycles. The molecule has 1 aromatic heterocycles. The van der Waals surface area contributed by atoms with Crippen molar-refractivity contribution in [2.45, 2.75) is 13.0 Å². The molecule has 58 valence electrons. The van der Waals surface area contributed by atoms with Crippen LogP contribution in [-0.4, -0.2) is 11.6 Å². The molecule has 0 bridgehead atoms. The van der Waals surface area contributed by atoms with Crippen molar-refractivity contribution in [1.82, 2.24) is 4.98 Å². The van der Waals surface area contributed by atoms with Gasteiger partial charge in [-0.15, -0.1) is 0 Å². The number of nitrogens with two attached hydrogens (primary N) is 1. The van der Waals surface area contributed by atoms with Gasteiger partial charge in [0.2, 0.25) is 0 Å². The zero-order valence-electron chi connectivity index (χ0n) is 6.21. The first kappa shape index (κ1) is 6.61. The SMILES string of the molecule is Nc1cc2c(cn1)COCC2. The molecule has 2 rings (SSSR count). The second-order valence-corrected chi connectivity index (χ2v) is 2.68. The van der Waals surface area contributed by atoms with Crippen LogP contribution in [0.1, 0.15) is 11.1 Å². The van der Waals surface area contributed by atoms with Crippen molar-refractivity contribution in [2.24, 2.45) is 0 Å². The van der Waals surface area contributed by atoms with Crippen LogP contribution in [0.3, 0.4) is 0 Å². The van der Waals surface area contributed by atoms with Gasteiger partial charge in [0, 0.05) is 6.20 Å². The lowest BCUT2D eigenvalue weighted by molar-refractivity contribution is 0.110. The predicted molar refractivity (Wildman–Crippen MR) is 42.0 cm³/mol. The van der Waals surface area contributed by atoms with Crippen LogP contribution in [0, 0.1) is 0 Å². The largest absolute Gasteiger partial charge is 0.384 e. The molecule has 3 heteroatoms. The molecule has 0 unspecified atom stereocenters. The van der Waals surface area contributed by atoms with Crippen LogP contribution in [0.4, 0.5) is 5.82 Å². The lowest BCUT2D eigenvalue weighted by atomic mass is 10.1. The smallest absolute Gasteiger partial charge is 0.123 e. The molecule has 2 N–H and O–H groups in total. The molecule has 3 nitrogen and oxygen atoms in total. The summed E-state index contributed by atoms with van der Waals surface area (Å²) >= 11 is 0. The number of ether oxygens (including phenoxy) is 1. The van der Waals surface area contributed by atoms with Gasteiger partial charge in [-0.3, -0.25) is 0 Å². The van der Waals surface area contributed by atoms with Crippen LogP contribution in [0.5, 0.6) is 0 Å². The number of hydrogen-bond donors (Lipinski definition) is 1. The Hall–Kier alpha value is -1.09. The Labute approximate surface area is 65.2 Å². The molecule has 11 heavy (non-hydrogen) atoms. The van der Waals surface area contributed by atoms with Crippen LogP contribution >= 0.6 is 0 Å². The van der Waals surface area contributed by atoms with E-state index in [1.54, 1.807) is 6.20 Å². The molecule has 0 amide bonds. The summed E-state index contributed by atoms with van der Waals surface area (Å²) in [5.74, 6) is 0.602. The van der Waals surface area contributed by atoms with E-state index >= 15 is 0 Å². The van der Waals surface area contributed by atoms with Crippen LogP contribution in [0.2, 0.25) is 0 Å². The molecule has 1 aromatic rings. The van der Waals surface area contributed by atoms with E-state index in [4.69, 9.17) is 10.5 Å². The Kier molecular flexibility index (Phi) is 1.51. The number of rotatable bonds is 0. The third-order valence-corrected chi connectivity index (χ3v) is 1.88. The minimum absolute atomic E-state index is 0.602. The second-order valence-electron chi connectivity index (χ2n) is 2.68. The zero-order valence-corrected chi connectivity index (χ0v) is 6.21. The monoisotopic (exact) mass is 150 g/mol. The lowest BCUT2D eigenvalue weighted by Crippen LogP contribution is -2.10. The molecule has 0 radical (unpaired) electrons. The Morgan fingerprint density at radius 3 is 3.27 bits per heavy atom. The lowest BCUT2D eigenvalue weighted by Gasteiger charge is -2.15. The van der Waals surface area contributed by atoms with Crippen LogP contribution in [0.25, 0.3) is 0 Å². The standard InChI is InChI=1S/C8H10N2O/c9-8-3-6-1-2-11-5-7(6)4-10-8/h3-4H,1-2,5H2,(H2,9,10). The summed E-state index contributed by atoms with van der Waals surface area (Å²) in [6.07, 6.45) is 2.76. The number of anilines is 1. The summed E-state index contributed by atoms with van der Waals surface area (Å²) in [4.78, 5) is 3.99. The first-order valence-corrected chi connectivity index (χ1v) is 3.67. The number of nitrogen functional groups attached to an aromatic ring is 1. The highest BCUT2D eigenvalue weighted by Crippen LogP contribution is 2.16. The van der Waals surface area contributed by atoms with Gasteiger partial charge in [0.25, 0.3) is 0 Å². The number of fused-ring (bicyclic) bond motifs is 1. The summed E-state index contributed by atoms with van der Waals surface area (Å²) in [7, 11) is 0. The van der Waals surface area contributed by atoms with Crippen molar-refractivity contribution in [2.75, 3.05) is 12.3 Å². The van der Waals surface area contributed by atoms with Gasteiger partial charge < -0.3 is 10.5 Å². The molecule has 1 aliphatic rings. The Morgan fingerprint density at radius 2 is 2.36 bits per heavy atom. The van der Waals surface area contributed by atoms with Crippen molar-refractivity contribution < 1.29 is 4.74 Å². The molecule has 0 fully saturated rings. The van der Waals surface area contributed by atoms with Crippen LogP contribution in [0.15, 0.2) is 12.3 Å². The normalized spacial score (nSPS) is 16.0. The van der Waals surface area contributed by atoms with E-state index in [2.05, 4.69) is 4.98 Å². The van der Waals surface area contributed by atoms with Crippen molar-refractivity contribution in [1.29, 1.82) is 0 Å². The fourth-order valence-electron chi connectivity index (χ4n) is 1.27. The maximum Gasteiger partial charge on any atom is 0.123 e. The molecule has 0 aliphatic carbocycles. The van der Waals surface area contributed by atoms with Gasteiger partial charge in [0.1, 0.15) is 5.82 Å². The minimum Gasteiger partial charge on any atom is -0.384 e. The second kappa shape index (κ2) is 2.51. The Balaban J connectivity index is 2.43. The van der Waals surface area contributed by atoms with Crippen molar-refractivity contribution in [3.63, 3.8) is 0 Å². The first-order valence-electron chi connectivity index (χ1n) is 3.67. The van der Waals surface area contributed by atoms with Gasteiger partial charge >= 0.3 is 0 Å². The summed E-state index contributed by atoms with van der Waals surface area (Å²) < 4.78 is 5.25. The van der Waals surface area contributed by atoms with Gasteiger partial charge in [-0.1, -0.05) is 0 Å². The summed E-state index contributed by atoms with van der Waals surface area (Å²) in [5, 5.41) is 0. The summed E-state index contributed by atoms with van der Waals surface area (Å²) in [5.41, 5.74) is 7.98. The third-order valence-electron chi connectivity index (χ3n) is 1.88. The topological polar surface area (TPSA) is 48.1 Å². The number of pyridine rings is 1. The average Bonchev–Trinajstić information content (AvgIpc) is 2.04. The van der Waals surface area contributed by atoms with E-state index in [1.165, 1.54) is 11.1 Å². The van der Waals surface area contributed by atoms with Crippen molar-refractivity contribution in [3.05, 3.63) is 23.4 Å². The first-order chi connectivity index (χ1) is 5.36. The zero-order chi connectivity index (χ0) is 7.68. The van der Waals surface area contributed by atoms with Crippen molar-refractivity contribution in [3.8, 4) is 0 Å². The molecule has 0 spiro atoms. The maximum absolute atomic E-state index is 5.53. The number of aromatic nitrogens is 1. The van der Waals surface area contributed by atoms with Gasteiger partial charge in [-0.05, 0) is 23.6 Å². The van der Waals surface area contributed by atoms with Gasteiger partial charge in [0.15, 0.2) is 0 Å². The Morgan fingerprint density at radius 1 is 1.45 bits per heavy atom. The van der Waals surface area contributed by atoms with Gasteiger partial charge in [0.05, 0.1) is 13.2 Å². The number of hydrogen-bond acceptors (Lipinski definition) is 3. The Bertz CT molecular complexity index is 273. The molecular formula is C8H10N2O. The number of nitrogens with zero attached hydrogens (tertiary/aromatic N) is 1. The van der Waals surface area contributed by atoms with E-state index in [9.17, 15) is 0 Å². The van der Waals surface area contributed by atoms with E-state index in [0.29, 0.717) is 12.4 Å². The molecule has 0 saturated carbocycles. The van der Waals surface area contributed by atoms with Crippen LogP contribution in [-0.2, 0) is 17.8 Å². The highest BCUT2D eigenvalue weighted by molar-refractivity contribution is 5.37. The van der Waals surface area contributed by atoms with E-state index in [0.717, 1.165) is 13.0 Å². The fraction of sp³-hybridized carbons (Fsp3) is 0.375. The summed E-state index contributed by atoms with van der Waals surface area (Å²) in [6.45, 7) is 1.49. The highest BCUT2D eigenvalue weighted by Gasteiger charge is 2.08. The maximum atomic E-state index is 5.53. The third kappa shape index (κ3) is 1.19. The fourth-order valence-corrected chi connectivity index (χ4v) is 1.27. The molecule has 1 aliphatic heterocycles. The molecular weight excluding hydrogens is 140 g/mol. The van der Waals surface area contributed by atoms with Crippen LogP contribution < -0.4 is 5.73 Å². The van der Waals surface area contributed by atoms with Gasteiger partial charge in [-0.25, -0.2) is 4.98 Å². The van der Waals surface area contributed by atoms with E-state index < -0.39 is 0 Å². The van der Waals surface area contributed by atoms with E-state index in [1.807, 2.05) is 6.07 Å². The van der Waals surface area contributed by atoms with Crippen molar-refractivity contribution >= 4 is 5.82 Å². The molecule has 0 aromatic carbocycles. The quantitative estimate of drug-likeness (QED) is 0.593. The average molecular weight is 150 g/mol. The minimum atomic E-state index is 0.602.